The number of fused-ring (bicyclic) bond motifs is 1. The zero-order chi connectivity index (χ0) is 23.0. The molecule has 1 aliphatic rings. The van der Waals surface area contributed by atoms with Crippen molar-refractivity contribution in [1.82, 2.24) is 4.57 Å². The predicted octanol–water partition coefficient (Wildman–Crippen LogP) is 4.55. The van der Waals surface area contributed by atoms with Gasteiger partial charge in [0.05, 0.1) is 5.75 Å². The number of halogens is 2. The van der Waals surface area contributed by atoms with E-state index in [1.807, 2.05) is 0 Å². The molecule has 0 atom stereocenters. The van der Waals surface area contributed by atoms with Crippen LogP contribution in [0, 0.1) is 11.6 Å². The van der Waals surface area contributed by atoms with Crippen LogP contribution in [0.25, 0.3) is 11.1 Å². The Bertz CT molecular complexity index is 1360. The first kappa shape index (κ1) is 22.2. The fourth-order valence-corrected chi connectivity index (χ4v) is 4.94. The molecule has 0 fully saturated rings. The van der Waals surface area contributed by atoms with E-state index in [0.717, 1.165) is 35.2 Å². The predicted molar refractivity (Wildman–Crippen MR) is 119 cm³/mol. The van der Waals surface area contributed by atoms with E-state index in [1.165, 1.54) is 10.6 Å². The van der Waals surface area contributed by atoms with Crippen LogP contribution in [-0.2, 0) is 35.5 Å². The molecule has 4 rings (SSSR count). The van der Waals surface area contributed by atoms with Crippen LogP contribution in [0.1, 0.15) is 30.0 Å². The van der Waals surface area contributed by atoms with E-state index >= 15 is 0 Å². The van der Waals surface area contributed by atoms with Gasteiger partial charge in [-0.3, -0.25) is 4.79 Å². The van der Waals surface area contributed by atoms with Gasteiger partial charge in [-0.15, -0.1) is 0 Å². The van der Waals surface area contributed by atoms with Crippen LogP contribution in [0.2, 0.25) is 0 Å². The van der Waals surface area contributed by atoms with Gasteiger partial charge in [0.1, 0.15) is 11.6 Å². The molecule has 8 heteroatoms. The lowest BCUT2D eigenvalue weighted by molar-refractivity contribution is 0.439. The molecule has 1 aliphatic carbocycles. The summed E-state index contributed by atoms with van der Waals surface area (Å²) in [7, 11) is -1.62. The Hall–Kier alpha value is -3.00. The monoisotopic (exact) mass is 459 g/mol. The topological polar surface area (TPSA) is 65.4 Å². The molecule has 0 radical (unpaired) electrons. The highest BCUT2D eigenvalue weighted by Gasteiger charge is 2.23. The van der Waals surface area contributed by atoms with E-state index in [4.69, 9.17) is 4.74 Å². The van der Waals surface area contributed by atoms with Gasteiger partial charge >= 0.3 is 0 Å². The maximum absolute atomic E-state index is 14.3. The SMILES string of the molecule is CCS(=O)(=O)Cc1ccc(Oc2ccc(F)cc2F)c(-c2cn(C)c(=O)c3c2CCC3)c1. The Balaban J connectivity index is 1.89. The van der Waals surface area contributed by atoms with Crippen molar-refractivity contribution in [3.8, 4) is 22.6 Å². The van der Waals surface area contributed by atoms with Gasteiger partial charge in [0.25, 0.3) is 5.56 Å². The second kappa shape index (κ2) is 8.50. The summed E-state index contributed by atoms with van der Waals surface area (Å²) in [5, 5.41) is 0. The van der Waals surface area contributed by atoms with Gasteiger partial charge in [0.2, 0.25) is 0 Å². The number of benzene rings is 2. The number of nitrogens with zero attached hydrogens (tertiary/aromatic N) is 1. The van der Waals surface area contributed by atoms with Crippen molar-refractivity contribution in [1.29, 1.82) is 0 Å². The van der Waals surface area contributed by atoms with Gasteiger partial charge in [0, 0.05) is 41.8 Å². The molecule has 168 valence electrons. The number of pyridine rings is 1. The smallest absolute Gasteiger partial charge is 0.253 e. The highest BCUT2D eigenvalue weighted by molar-refractivity contribution is 7.90. The molecule has 3 aromatic rings. The van der Waals surface area contributed by atoms with E-state index in [9.17, 15) is 22.0 Å². The molecular formula is C24H23F2NO4S. The number of hydrogen-bond acceptors (Lipinski definition) is 4. The van der Waals surface area contributed by atoms with Crippen LogP contribution < -0.4 is 10.3 Å². The second-order valence-electron chi connectivity index (χ2n) is 7.95. The largest absolute Gasteiger partial charge is 0.454 e. The average Bonchev–Trinajstić information content (AvgIpc) is 3.24. The number of aryl methyl sites for hydroxylation is 1. The fraction of sp³-hybridized carbons (Fsp3) is 0.292. The van der Waals surface area contributed by atoms with Crippen molar-refractivity contribution < 1.29 is 21.9 Å². The first-order valence-corrected chi connectivity index (χ1v) is 12.2. The van der Waals surface area contributed by atoms with Gasteiger partial charge in [-0.2, -0.15) is 0 Å². The summed E-state index contributed by atoms with van der Waals surface area (Å²) in [6, 6.07) is 7.96. The fourth-order valence-electron chi connectivity index (χ4n) is 4.05. The maximum Gasteiger partial charge on any atom is 0.253 e. The van der Waals surface area contributed by atoms with Gasteiger partial charge < -0.3 is 9.30 Å². The minimum Gasteiger partial charge on any atom is -0.454 e. The molecule has 1 aromatic heterocycles. The third kappa shape index (κ3) is 4.32. The van der Waals surface area contributed by atoms with E-state index in [1.54, 1.807) is 38.4 Å². The molecule has 0 unspecified atom stereocenters. The lowest BCUT2D eigenvalue weighted by Crippen LogP contribution is -2.21. The van der Waals surface area contributed by atoms with Crippen LogP contribution >= 0.6 is 0 Å². The van der Waals surface area contributed by atoms with E-state index in [-0.39, 0.29) is 22.8 Å². The molecule has 0 saturated carbocycles. The van der Waals surface area contributed by atoms with Crippen molar-refractivity contribution in [3.05, 3.63) is 81.3 Å². The molecule has 0 aliphatic heterocycles. The molecule has 1 heterocycles. The van der Waals surface area contributed by atoms with Crippen LogP contribution in [0.5, 0.6) is 11.5 Å². The first-order valence-electron chi connectivity index (χ1n) is 10.4. The molecule has 32 heavy (non-hydrogen) atoms. The summed E-state index contributed by atoms with van der Waals surface area (Å²) in [5.74, 6) is -1.55. The lowest BCUT2D eigenvalue weighted by Gasteiger charge is -2.17. The lowest BCUT2D eigenvalue weighted by atomic mass is 9.97. The first-order chi connectivity index (χ1) is 15.2. The average molecular weight is 460 g/mol. The van der Waals surface area contributed by atoms with Crippen molar-refractivity contribution in [2.75, 3.05) is 5.75 Å². The minimum atomic E-state index is -3.28. The highest BCUT2D eigenvalue weighted by atomic mass is 32.2. The Morgan fingerprint density at radius 2 is 1.72 bits per heavy atom. The maximum atomic E-state index is 14.3. The van der Waals surface area contributed by atoms with Gasteiger partial charge in [-0.1, -0.05) is 13.0 Å². The zero-order valence-electron chi connectivity index (χ0n) is 17.8. The standard InChI is InChI=1S/C24H23F2NO4S/c1-3-32(29,30)14-15-7-9-22(31-23-10-8-16(25)12-21(23)26)19(11-15)20-13-27(2)24(28)18-6-4-5-17(18)20/h7-13H,3-6,14H2,1-2H3. The van der Waals surface area contributed by atoms with E-state index in [2.05, 4.69) is 0 Å². The molecule has 0 N–H and O–H groups in total. The number of ether oxygens (including phenoxy) is 1. The van der Waals surface area contributed by atoms with Gasteiger partial charge in [-0.25, -0.2) is 17.2 Å². The van der Waals surface area contributed by atoms with Crippen LogP contribution in [0.3, 0.4) is 0 Å². The van der Waals surface area contributed by atoms with Gasteiger partial charge in [0.15, 0.2) is 21.4 Å². The summed E-state index contributed by atoms with van der Waals surface area (Å²) < 4.78 is 59.3. The number of hydrogen-bond donors (Lipinski definition) is 0. The van der Waals surface area contributed by atoms with Crippen molar-refractivity contribution in [2.45, 2.75) is 31.9 Å². The quantitative estimate of drug-likeness (QED) is 0.543. The summed E-state index contributed by atoms with van der Waals surface area (Å²) >= 11 is 0. The number of aromatic nitrogens is 1. The minimum absolute atomic E-state index is 0.0105. The van der Waals surface area contributed by atoms with Crippen molar-refractivity contribution in [3.63, 3.8) is 0 Å². The Morgan fingerprint density at radius 3 is 2.44 bits per heavy atom. The Kier molecular flexibility index (Phi) is 5.90. The Morgan fingerprint density at radius 1 is 1.00 bits per heavy atom. The number of sulfone groups is 1. The molecule has 5 nitrogen and oxygen atoms in total. The van der Waals surface area contributed by atoms with E-state index in [0.29, 0.717) is 29.7 Å². The van der Waals surface area contributed by atoms with Crippen molar-refractivity contribution in [2.24, 2.45) is 7.05 Å². The van der Waals surface area contributed by atoms with Crippen LogP contribution in [0.15, 0.2) is 47.4 Å². The molecular weight excluding hydrogens is 436 g/mol. The molecule has 0 spiro atoms. The summed E-state index contributed by atoms with van der Waals surface area (Å²) in [5.41, 5.74) is 3.44. The zero-order valence-corrected chi connectivity index (χ0v) is 18.6. The molecule has 0 amide bonds. The number of rotatable bonds is 6. The second-order valence-corrected chi connectivity index (χ2v) is 10.3. The molecule has 2 aromatic carbocycles. The van der Waals surface area contributed by atoms with Crippen LogP contribution in [-0.4, -0.2) is 18.7 Å². The summed E-state index contributed by atoms with van der Waals surface area (Å²) in [4.78, 5) is 12.6. The Labute approximate surface area is 185 Å². The molecule has 0 saturated heterocycles. The summed E-state index contributed by atoms with van der Waals surface area (Å²) in [6.07, 6.45) is 3.92. The summed E-state index contributed by atoms with van der Waals surface area (Å²) in [6.45, 7) is 1.59. The van der Waals surface area contributed by atoms with E-state index < -0.39 is 21.5 Å². The highest BCUT2D eigenvalue weighted by Crippen LogP contribution is 2.39. The van der Waals surface area contributed by atoms with Crippen molar-refractivity contribution >= 4 is 9.84 Å². The third-order valence-electron chi connectivity index (χ3n) is 5.72. The van der Waals surface area contributed by atoms with Crippen LogP contribution in [0.4, 0.5) is 8.78 Å². The third-order valence-corrected chi connectivity index (χ3v) is 7.37. The normalized spacial score (nSPS) is 13.2. The van der Waals surface area contributed by atoms with Gasteiger partial charge in [-0.05, 0) is 54.7 Å². The molecule has 0 bridgehead atoms.